The quantitative estimate of drug-likeness (QED) is 0.898. The average molecular weight is 346 g/mol. The Labute approximate surface area is 142 Å². The minimum absolute atomic E-state index is 0.155. The molecule has 0 spiro atoms. The van der Waals surface area contributed by atoms with Crippen molar-refractivity contribution in [3.8, 4) is 5.75 Å². The summed E-state index contributed by atoms with van der Waals surface area (Å²) >= 11 is 0. The molecule has 7 heteroatoms. The van der Waals surface area contributed by atoms with Gasteiger partial charge in [-0.1, -0.05) is 12.1 Å². The van der Waals surface area contributed by atoms with E-state index in [9.17, 15) is 23.5 Å². The number of phenolic OH excluding ortho intramolecular Hbond substituents is 1. The molecule has 0 unspecified atom stereocenters. The van der Waals surface area contributed by atoms with Crippen molar-refractivity contribution >= 4 is 17.5 Å². The smallest absolute Gasteiger partial charge is 0.254 e. The van der Waals surface area contributed by atoms with Gasteiger partial charge in [0.25, 0.3) is 5.91 Å². The van der Waals surface area contributed by atoms with Crippen LogP contribution in [-0.2, 0) is 4.79 Å². The number of phenols is 1. The number of piperidine rings is 1. The van der Waals surface area contributed by atoms with Crippen LogP contribution in [0.5, 0.6) is 5.75 Å². The van der Waals surface area contributed by atoms with Crippen molar-refractivity contribution in [1.29, 1.82) is 0 Å². The second-order valence-electron chi connectivity index (χ2n) is 5.77. The van der Waals surface area contributed by atoms with E-state index in [2.05, 4.69) is 5.32 Å². The second kappa shape index (κ2) is 6.88. The zero-order chi connectivity index (χ0) is 18.0. The number of halogens is 2. The molecular weight excluding hydrogens is 330 g/mol. The van der Waals surface area contributed by atoms with Crippen molar-refractivity contribution in [2.24, 2.45) is 0 Å². The van der Waals surface area contributed by atoms with Gasteiger partial charge in [-0.3, -0.25) is 9.59 Å². The second-order valence-corrected chi connectivity index (χ2v) is 5.77. The number of rotatable bonds is 3. The molecule has 1 fully saturated rings. The lowest BCUT2D eigenvalue weighted by Crippen LogP contribution is -2.52. The Hall–Kier alpha value is -2.96. The first kappa shape index (κ1) is 16.9. The van der Waals surface area contributed by atoms with Crippen molar-refractivity contribution < 1.29 is 23.5 Å². The number of anilines is 1. The van der Waals surface area contributed by atoms with Gasteiger partial charge in [0.2, 0.25) is 5.91 Å². The molecule has 1 heterocycles. The molecule has 2 aromatic carbocycles. The summed E-state index contributed by atoms with van der Waals surface area (Å²) in [6.45, 7) is 0.347. The largest absolute Gasteiger partial charge is 0.508 e. The normalized spacial score (nSPS) is 17.4. The van der Waals surface area contributed by atoms with Crippen LogP contribution in [0.25, 0.3) is 0 Å². The van der Waals surface area contributed by atoms with Gasteiger partial charge in [-0.05, 0) is 37.1 Å². The minimum atomic E-state index is -0.883. The Balaban J connectivity index is 1.77. The van der Waals surface area contributed by atoms with Gasteiger partial charge in [0.15, 0.2) is 0 Å². The van der Waals surface area contributed by atoms with Gasteiger partial charge in [-0.15, -0.1) is 0 Å². The molecule has 5 nitrogen and oxygen atoms in total. The van der Waals surface area contributed by atoms with Crippen LogP contribution in [0, 0.1) is 11.6 Å². The van der Waals surface area contributed by atoms with Crippen molar-refractivity contribution in [2.45, 2.75) is 18.9 Å². The highest BCUT2D eigenvalue weighted by atomic mass is 19.1. The van der Waals surface area contributed by atoms with Crippen molar-refractivity contribution in [2.75, 3.05) is 11.4 Å². The highest BCUT2D eigenvalue weighted by molar-refractivity contribution is 6.03. The van der Waals surface area contributed by atoms with E-state index in [1.54, 1.807) is 6.07 Å². The molecule has 1 aliphatic rings. The zero-order valence-electron chi connectivity index (χ0n) is 13.2. The van der Waals surface area contributed by atoms with Crippen molar-refractivity contribution in [1.82, 2.24) is 5.32 Å². The number of nitrogens with one attached hydrogen (secondary N) is 1. The van der Waals surface area contributed by atoms with Gasteiger partial charge in [-0.25, -0.2) is 8.78 Å². The number of hydrogen-bond donors (Lipinski definition) is 2. The summed E-state index contributed by atoms with van der Waals surface area (Å²) in [5.41, 5.74) is -0.115. The molecule has 0 bridgehead atoms. The van der Waals surface area contributed by atoms with E-state index in [0.717, 1.165) is 12.1 Å². The molecule has 130 valence electrons. The summed E-state index contributed by atoms with van der Waals surface area (Å²) in [7, 11) is 0. The molecule has 0 aromatic heterocycles. The summed E-state index contributed by atoms with van der Waals surface area (Å²) in [5.74, 6) is -2.90. The number of para-hydroxylation sites is 1. The molecule has 2 N–H and O–H groups in total. The minimum Gasteiger partial charge on any atom is -0.508 e. The van der Waals surface area contributed by atoms with E-state index in [0.29, 0.717) is 19.4 Å². The maximum absolute atomic E-state index is 13.9. The third-order valence-corrected chi connectivity index (χ3v) is 4.08. The Kier molecular flexibility index (Phi) is 4.65. The number of carbonyl (C=O) groups is 2. The topological polar surface area (TPSA) is 69.6 Å². The van der Waals surface area contributed by atoms with Gasteiger partial charge < -0.3 is 15.3 Å². The van der Waals surface area contributed by atoms with Crippen LogP contribution in [0.1, 0.15) is 23.2 Å². The standard InChI is InChI=1S/C18H16F2N2O3/c19-13-4-1-2-6-16(13)22-9-3-5-15(18(22)25)21-17(24)12-8-7-11(23)10-14(12)20/h1-2,4,6-8,10,15,23H,3,5,9H2,(H,21,24)/t15-/m1/s1. The summed E-state index contributed by atoms with van der Waals surface area (Å²) in [6, 6.07) is 8.19. The van der Waals surface area contributed by atoms with E-state index in [-0.39, 0.29) is 17.0 Å². The predicted molar refractivity (Wildman–Crippen MR) is 87.3 cm³/mol. The van der Waals surface area contributed by atoms with Crippen LogP contribution >= 0.6 is 0 Å². The van der Waals surface area contributed by atoms with Gasteiger partial charge >= 0.3 is 0 Å². The Morgan fingerprint density at radius 1 is 1.16 bits per heavy atom. The summed E-state index contributed by atoms with van der Waals surface area (Å²) in [5, 5.41) is 11.7. The van der Waals surface area contributed by atoms with Gasteiger partial charge in [0, 0.05) is 12.6 Å². The number of aromatic hydroxyl groups is 1. The van der Waals surface area contributed by atoms with E-state index in [1.165, 1.54) is 29.2 Å². The van der Waals surface area contributed by atoms with E-state index in [4.69, 9.17) is 0 Å². The number of nitrogens with zero attached hydrogens (tertiary/aromatic N) is 1. The number of carbonyl (C=O) groups excluding carboxylic acids is 2. The fourth-order valence-electron chi connectivity index (χ4n) is 2.84. The third kappa shape index (κ3) is 3.45. The van der Waals surface area contributed by atoms with E-state index in [1.807, 2.05) is 0 Å². The van der Waals surface area contributed by atoms with E-state index < -0.39 is 29.5 Å². The lowest BCUT2D eigenvalue weighted by atomic mass is 10.0. The molecule has 2 amide bonds. The fourth-order valence-corrected chi connectivity index (χ4v) is 2.84. The van der Waals surface area contributed by atoms with Crippen LogP contribution in [0.4, 0.5) is 14.5 Å². The van der Waals surface area contributed by atoms with Gasteiger partial charge in [-0.2, -0.15) is 0 Å². The van der Waals surface area contributed by atoms with Crippen LogP contribution < -0.4 is 10.2 Å². The lowest BCUT2D eigenvalue weighted by molar-refractivity contribution is -0.121. The summed E-state index contributed by atoms with van der Waals surface area (Å²) < 4.78 is 27.7. The monoisotopic (exact) mass is 346 g/mol. The van der Waals surface area contributed by atoms with Crippen LogP contribution in [-0.4, -0.2) is 29.5 Å². The Morgan fingerprint density at radius 2 is 1.92 bits per heavy atom. The molecule has 1 saturated heterocycles. The van der Waals surface area contributed by atoms with E-state index >= 15 is 0 Å². The predicted octanol–water partition coefficient (Wildman–Crippen LogP) is 2.60. The van der Waals surface area contributed by atoms with Gasteiger partial charge in [0.1, 0.15) is 23.4 Å². The Morgan fingerprint density at radius 3 is 2.64 bits per heavy atom. The molecule has 0 saturated carbocycles. The highest BCUT2D eigenvalue weighted by Gasteiger charge is 2.32. The number of amides is 2. The molecule has 2 aromatic rings. The average Bonchev–Trinajstić information content (AvgIpc) is 2.57. The van der Waals surface area contributed by atoms with Crippen LogP contribution in [0.15, 0.2) is 42.5 Å². The third-order valence-electron chi connectivity index (χ3n) is 4.08. The SMILES string of the molecule is O=C(N[C@@H]1CCCN(c2ccccc2F)C1=O)c1ccc(O)cc1F. The molecule has 1 aliphatic heterocycles. The molecule has 3 rings (SSSR count). The highest BCUT2D eigenvalue weighted by Crippen LogP contribution is 2.24. The fraction of sp³-hybridized carbons (Fsp3) is 0.222. The molecule has 25 heavy (non-hydrogen) atoms. The lowest BCUT2D eigenvalue weighted by Gasteiger charge is -2.32. The Bertz CT molecular complexity index is 826. The molecule has 0 aliphatic carbocycles. The molecule has 0 radical (unpaired) electrons. The zero-order valence-corrected chi connectivity index (χ0v) is 13.2. The summed E-state index contributed by atoms with van der Waals surface area (Å²) in [4.78, 5) is 26.1. The first-order chi connectivity index (χ1) is 12.0. The molecular formula is C18H16F2N2O3. The van der Waals surface area contributed by atoms with Gasteiger partial charge in [0.05, 0.1) is 11.3 Å². The summed E-state index contributed by atoms with van der Waals surface area (Å²) in [6.07, 6.45) is 0.957. The maximum atomic E-state index is 13.9. The number of hydrogen-bond acceptors (Lipinski definition) is 3. The van der Waals surface area contributed by atoms with Crippen LogP contribution in [0.3, 0.4) is 0 Å². The molecule has 1 atom stereocenters. The van der Waals surface area contributed by atoms with Crippen LogP contribution in [0.2, 0.25) is 0 Å². The first-order valence-corrected chi connectivity index (χ1v) is 7.82. The van der Waals surface area contributed by atoms with Crippen molar-refractivity contribution in [3.63, 3.8) is 0 Å². The maximum Gasteiger partial charge on any atom is 0.254 e. The first-order valence-electron chi connectivity index (χ1n) is 7.82. The number of benzene rings is 2. The van der Waals surface area contributed by atoms with Crippen molar-refractivity contribution in [3.05, 3.63) is 59.7 Å².